The van der Waals surface area contributed by atoms with Crippen LogP contribution in [0.25, 0.3) is 6.08 Å². The van der Waals surface area contributed by atoms with Crippen LogP contribution in [0.3, 0.4) is 0 Å². The number of nitrogens with one attached hydrogen (secondary N) is 1. The van der Waals surface area contributed by atoms with Crippen molar-refractivity contribution in [1.82, 2.24) is 10.4 Å². The van der Waals surface area contributed by atoms with E-state index in [9.17, 15) is 14.7 Å². The van der Waals surface area contributed by atoms with E-state index in [2.05, 4.69) is 56.4 Å². The zero-order valence-corrected chi connectivity index (χ0v) is 38.5. The minimum Gasteiger partial charge on any atom is -0.460 e. The van der Waals surface area contributed by atoms with Crippen LogP contribution in [0.1, 0.15) is 115 Å². The van der Waals surface area contributed by atoms with Gasteiger partial charge in [0.05, 0.1) is 30.9 Å². The Morgan fingerprint density at radius 1 is 0.908 bits per heavy atom. The number of benzene rings is 3. The molecule has 3 aromatic carbocycles. The number of fused-ring (bicyclic) bond motifs is 6. The number of hydroxylamine groups is 2. The van der Waals surface area contributed by atoms with Crippen molar-refractivity contribution in [3.63, 3.8) is 0 Å². The molecule has 10 rings (SSSR count). The van der Waals surface area contributed by atoms with Gasteiger partial charge < -0.3 is 34.1 Å². The minimum absolute atomic E-state index is 0.0193. The highest BCUT2D eigenvalue weighted by Gasteiger charge is 2.76. The lowest BCUT2D eigenvalue weighted by Gasteiger charge is -2.53. The molecule has 3 aromatic rings. The molecule has 7 fully saturated rings. The van der Waals surface area contributed by atoms with E-state index >= 15 is 4.79 Å². The Morgan fingerprint density at radius 2 is 1.58 bits per heavy atom. The van der Waals surface area contributed by atoms with E-state index in [0.29, 0.717) is 23.4 Å². The number of amides is 1. The summed E-state index contributed by atoms with van der Waals surface area (Å²) in [7, 11) is 0. The number of carbonyl (C=O) groups excluding carboxylic acids is 3. The van der Waals surface area contributed by atoms with Crippen LogP contribution >= 0.6 is 0 Å². The summed E-state index contributed by atoms with van der Waals surface area (Å²) in [6, 6.07) is 25.7. The number of carbonyl (C=O) groups is 3. The van der Waals surface area contributed by atoms with Gasteiger partial charge in [0.1, 0.15) is 35.4 Å². The number of hydrogen-bond acceptors (Lipinski definition) is 11. The van der Waals surface area contributed by atoms with Gasteiger partial charge in [0.25, 0.3) is 0 Å². The van der Waals surface area contributed by atoms with Crippen LogP contribution < -0.4 is 5.32 Å². The number of esters is 2. The lowest BCUT2D eigenvalue weighted by Crippen LogP contribution is -2.70. The van der Waals surface area contributed by atoms with Gasteiger partial charge in [0, 0.05) is 24.0 Å². The second kappa shape index (κ2) is 16.4. The SMILES string of the molecule is CC(C)(C)OC(=O)CCC(CO)NC(=O)C12CC3OC(=O)C1N(Cc1ccc(C=C4CCC5OC5(C)CCC5C4CC5(C)C)cc1)OC2C1OC(c2ccccc2)(c2ccccc2)OC31. The van der Waals surface area contributed by atoms with E-state index in [1.54, 1.807) is 25.8 Å². The van der Waals surface area contributed by atoms with E-state index < -0.39 is 77.8 Å². The standard InChI is InChI=1S/C53H64N2O10/c1-49(2,3)62-42(57)24-22-37(31-56)54-48(59)52-29-40-43-44(64-53(63-43,35-13-9-7-10-14-35)36-15-11-8-12-16-36)46(52)65-55(45(52)47(58)60-40)30-33-19-17-32(18-20-33)27-34-21-23-41-51(6,61-41)26-25-39-38(34)28-50(39,4)5/h7-20,27,37-41,43-46,56H,21-26,28-31H2,1-6H3,(H,54,59). The van der Waals surface area contributed by atoms with E-state index in [1.165, 1.54) is 18.4 Å². The molecule has 2 N–H and O–H groups in total. The fraction of sp³-hybridized carbons (Fsp3) is 0.566. The zero-order chi connectivity index (χ0) is 45.5. The Hall–Kier alpha value is -4.43. The fourth-order valence-corrected chi connectivity index (χ4v) is 12.2. The molecule has 11 atom stereocenters. The largest absolute Gasteiger partial charge is 0.460 e. The number of ether oxygens (including phenoxy) is 5. The summed E-state index contributed by atoms with van der Waals surface area (Å²) in [5, 5.41) is 15.2. The Morgan fingerprint density at radius 3 is 2.23 bits per heavy atom. The van der Waals surface area contributed by atoms with Crippen molar-refractivity contribution >= 4 is 23.9 Å². The second-order valence-corrected chi connectivity index (χ2v) is 21.6. The predicted molar refractivity (Wildman–Crippen MR) is 240 cm³/mol. The molecule has 4 aliphatic heterocycles. The number of aliphatic hydroxyl groups excluding tert-OH is 1. The lowest BCUT2D eigenvalue weighted by atomic mass is 9.52. The van der Waals surface area contributed by atoms with E-state index in [1.807, 2.05) is 60.7 Å². The van der Waals surface area contributed by atoms with Crippen LogP contribution in [0.2, 0.25) is 0 Å². The van der Waals surface area contributed by atoms with E-state index in [4.69, 9.17) is 28.5 Å². The van der Waals surface area contributed by atoms with Gasteiger partial charge in [-0.25, -0.2) is 0 Å². The second-order valence-electron chi connectivity index (χ2n) is 21.6. The smallest absolute Gasteiger partial charge is 0.327 e. The topological polar surface area (TPSA) is 145 Å². The first-order valence-electron chi connectivity index (χ1n) is 23.7. The van der Waals surface area contributed by atoms with Crippen LogP contribution in [0.4, 0.5) is 0 Å². The van der Waals surface area contributed by atoms with Crippen molar-refractivity contribution in [2.45, 2.75) is 159 Å². The third kappa shape index (κ3) is 7.95. The number of epoxide rings is 1. The molecule has 3 aliphatic carbocycles. The maximum atomic E-state index is 15.1. The summed E-state index contributed by atoms with van der Waals surface area (Å²) in [4.78, 5) is 49.3. The maximum absolute atomic E-state index is 15.1. The number of nitrogens with zero attached hydrogens (tertiary/aromatic N) is 1. The van der Waals surface area contributed by atoms with Gasteiger partial charge in [-0.3, -0.25) is 19.2 Å². The zero-order valence-electron chi connectivity index (χ0n) is 38.5. The van der Waals surface area contributed by atoms with Crippen LogP contribution in [-0.4, -0.2) is 88.4 Å². The average molecular weight is 889 g/mol. The molecule has 0 spiro atoms. The van der Waals surface area contributed by atoms with Crippen LogP contribution in [0.5, 0.6) is 0 Å². The molecule has 65 heavy (non-hydrogen) atoms. The van der Waals surface area contributed by atoms with Gasteiger partial charge in [-0.15, -0.1) is 0 Å². The molecule has 346 valence electrons. The van der Waals surface area contributed by atoms with Crippen molar-refractivity contribution in [3.05, 3.63) is 113 Å². The first kappa shape index (κ1) is 44.4. The molecule has 0 aromatic heterocycles. The summed E-state index contributed by atoms with van der Waals surface area (Å²) >= 11 is 0. The normalized spacial score (nSPS) is 35.2. The van der Waals surface area contributed by atoms with Crippen molar-refractivity contribution in [2.75, 3.05) is 6.61 Å². The molecular weight excluding hydrogens is 825 g/mol. The third-order valence-corrected chi connectivity index (χ3v) is 15.6. The van der Waals surface area contributed by atoms with Gasteiger partial charge in [0.15, 0.2) is 6.04 Å². The molecule has 12 heteroatoms. The first-order valence-corrected chi connectivity index (χ1v) is 23.7. The highest BCUT2D eigenvalue weighted by molar-refractivity contribution is 5.94. The summed E-state index contributed by atoms with van der Waals surface area (Å²) < 4.78 is 32.2. The highest BCUT2D eigenvalue weighted by atomic mass is 16.8. The Bertz CT molecular complexity index is 2270. The number of rotatable bonds is 11. The molecule has 1 amide bonds. The Labute approximate surface area is 382 Å². The molecule has 0 radical (unpaired) electrons. The minimum atomic E-state index is -1.50. The summed E-state index contributed by atoms with van der Waals surface area (Å²) in [5.41, 5.74) is 3.18. The summed E-state index contributed by atoms with van der Waals surface area (Å²) in [5.74, 6) is -1.69. The molecule has 12 nitrogen and oxygen atoms in total. The first-order chi connectivity index (χ1) is 31.0. The number of aliphatic hydroxyl groups is 1. The average Bonchev–Trinajstić information content (AvgIpc) is 3.55. The van der Waals surface area contributed by atoms with Crippen LogP contribution in [-0.2, 0) is 55.2 Å². The Balaban J connectivity index is 0.955. The molecule has 3 saturated carbocycles. The third-order valence-electron chi connectivity index (χ3n) is 15.6. The molecule has 7 aliphatic rings. The fourth-order valence-electron chi connectivity index (χ4n) is 12.2. The molecule has 4 saturated heterocycles. The van der Waals surface area contributed by atoms with Gasteiger partial charge in [-0.1, -0.05) is 110 Å². The molecule has 4 heterocycles. The molecule has 11 unspecified atom stereocenters. The maximum Gasteiger partial charge on any atom is 0.327 e. The van der Waals surface area contributed by atoms with Crippen molar-refractivity contribution in [3.8, 4) is 0 Å². The van der Waals surface area contributed by atoms with Gasteiger partial charge >= 0.3 is 11.9 Å². The highest BCUT2D eigenvalue weighted by Crippen LogP contribution is 2.61. The lowest BCUT2D eigenvalue weighted by molar-refractivity contribution is -0.213. The summed E-state index contributed by atoms with van der Waals surface area (Å²) in [6.45, 7) is 12.2. The quantitative estimate of drug-likeness (QED) is 0.146. The van der Waals surface area contributed by atoms with Crippen LogP contribution in [0, 0.1) is 22.7 Å². The van der Waals surface area contributed by atoms with Gasteiger partial charge in [-0.2, -0.15) is 5.06 Å². The van der Waals surface area contributed by atoms with Crippen molar-refractivity contribution in [2.24, 2.45) is 22.7 Å². The summed E-state index contributed by atoms with van der Waals surface area (Å²) in [6.07, 6.45) is 5.05. The number of allylic oxidation sites excluding steroid dienone is 1. The monoisotopic (exact) mass is 888 g/mol. The van der Waals surface area contributed by atoms with Gasteiger partial charge in [0.2, 0.25) is 11.7 Å². The van der Waals surface area contributed by atoms with E-state index in [0.717, 1.165) is 41.5 Å². The van der Waals surface area contributed by atoms with E-state index in [-0.39, 0.29) is 31.4 Å². The predicted octanol–water partition coefficient (Wildman–Crippen LogP) is 7.55. The molecular formula is C53H64N2O10. The van der Waals surface area contributed by atoms with Crippen LogP contribution in [0.15, 0.2) is 90.5 Å². The van der Waals surface area contributed by atoms with Crippen molar-refractivity contribution in [1.29, 1.82) is 0 Å². The molecule has 2 bridgehead atoms. The van der Waals surface area contributed by atoms with Crippen molar-refractivity contribution < 1.29 is 48.0 Å². The Kier molecular flexibility index (Phi) is 11.2. The number of hydrogen-bond donors (Lipinski definition) is 2. The van der Waals surface area contributed by atoms with Gasteiger partial charge in [-0.05, 0) is 94.6 Å².